The van der Waals surface area contributed by atoms with E-state index in [-0.39, 0.29) is 12.3 Å². The molecule has 1 aromatic carbocycles. The van der Waals surface area contributed by atoms with Crippen molar-refractivity contribution in [3.8, 4) is 0 Å². The number of carbonyl (C=O) groups is 2. The van der Waals surface area contributed by atoms with Gasteiger partial charge in [0, 0.05) is 18.8 Å². The molecule has 2 heterocycles. The highest BCUT2D eigenvalue weighted by atomic mass is 16.4. The minimum Gasteiger partial charge on any atom is -0.480 e. The smallest absolute Gasteiger partial charge is 0.326 e. The third-order valence-electron chi connectivity index (χ3n) is 6.13. The number of anilines is 1. The summed E-state index contributed by atoms with van der Waals surface area (Å²) >= 11 is 0. The van der Waals surface area contributed by atoms with Gasteiger partial charge in [0.15, 0.2) is 0 Å². The highest BCUT2D eigenvalue weighted by molar-refractivity contribution is 5.84. The van der Waals surface area contributed by atoms with Crippen LogP contribution < -0.4 is 10.6 Å². The maximum Gasteiger partial charge on any atom is 0.326 e. The number of nitrogens with one attached hydrogen (secondary N) is 2. The molecule has 0 fully saturated rings. The Balaban J connectivity index is 1.38. The van der Waals surface area contributed by atoms with Crippen molar-refractivity contribution < 1.29 is 14.7 Å². The summed E-state index contributed by atoms with van der Waals surface area (Å²) in [5, 5.41) is 15.6. The molecule has 1 aliphatic heterocycles. The Morgan fingerprint density at radius 2 is 1.97 bits per heavy atom. The number of benzene rings is 1. The van der Waals surface area contributed by atoms with E-state index in [0.717, 1.165) is 62.4 Å². The second kappa shape index (κ2) is 12.9. The van der Waals surface area contributed by atoms with Crippen LogP contribution in [-0.4, -0.2) is 59.1 Å². The second-order valence-corrected chi connectivity index (χ2v) is 8.64. The number of aromatic nitrogens is 1. The molecule has 2 aromatic rings. The maximum absolute atomic E-state index is 12.3. The SMILES string of the molecule is CCN(CCCCc1ccc2c(n1)NCCC2)CC[C@H](NC(=O)Cc1ccccc1)C(=O)O. The van der Waals surface area contributed by atoms with Crippen LogP contribution in [0.15, 0.2) is 42.5 Å². The average Bonchev–Trinajstić information content (AvgIpc) is 2.83. The van der Waals surface area contributed by atoms with Crippen LogP contribution in [0.2, 0.25) is 0 Å². The van der Waals surface area contributed by atoms with Crippen LogP contribution in [0.5, 0.6) is 0 Å². The molecule has 3 rings (SSSR count). The molecular formula is C26H36N4O3. The minimum atomic E-state index is -0.987. The van der Waals surface area contributed by atoms with Gasteiger partial charge in [-0.15, -0.1) is 0 Å². The van der Waals surface area contributed by atoms with E-state index in [1.165, 1.54) is 12.0 Å². The highest BCUT2D eigenvalue weighted by Gasteiger charge is 2.21. The van der Waals surface area contributed by atoms with Crippen LogP contribution in [0.1, 0.15) is 49.4 Å². The number of fused-ring (bicyclic) bond motifs is 1. The van der Waals surface area contributed by atoms with E-state index < -0.39 is 12.0 Å². The molecule has 178 valence electrons. The number of nitrogens with zero attached hydrogens (tertiary/aromatic N) is 2. The molecule has 1 atom stereocenters. The summed E-state index contributed by atoms with van der Waals surface area (Å²) in [6.45, 7) is 5.48. The van der Waals surface area contributed by atoms with Gasteiger partial charge in [0.2, 0.25) is 5.91 Å². The van der Waals surface area contributed by atoms with Gasteiger partial charge >= 0.3 is 5.97 Å². The number of pyridine rings is 1. The topological polar surface area (TPSA) is 94.6 Å². The number of aliphatic carboxylic acids is 1. The van der Waals surface area contributed by atoms with Crippen LogP contribution in [0.3, 0.4) is 0 Å². The van der Waals surface area contributed by atoms with Crippen LogP contribution >= 0.6 is 0 Å². The fraction of sp³-hybridized carbons (Fsp3) is 0.500. The molecule has 1 aromatic heterocycles. The first-order valence-corrected chi connectivity index (χ1v) is 12.1. The van der Waals surface area contributed by atoms with E-state index in [0.29, 0.717) is 13.0 Å². The van der Waals surface area contributed by atoms with E-state index >= 15 is 0 Å². The second-order valence-electron chi connectivity index (χ2n) is 8.64. The number of carboxylic acid groups (broad SMARTS) is 1. The molecule has 3 N–H and O–H groups in total. The molecule has 7 heteroatoms. The third-order valence-corrected chi connectivity index (χ3v) is 6.13. The van der Waals surface area contributed by atoms with E-state index in [9.17, 15) is 14.7 Å². The molecule has 33 heavy (non-hydrogen) atoms. The Kier molecular flexibility index (Phi) is 9.69. The molecule has 1 amide bonds. The number of unbranched alkanes of at least 4 members (excludes halogenated alkanes) is 1. The summed E-state index contributed by atoms with van der Waals surface area (Å²) in [4.78, 5) is 30.9. The van der Waals surface area contributed by atoms with Crippen LogP contribution in [-0.2, 0) is 28.9 Å². The number of rotatable bonds is 13. The maximum atomic E-state index is 12.3. The number of hydrogen-bond acceptors (Lipinski definition) is 5. The fourth-order valence-electron chi connectivity index (χ4n) is 4.17. The standard InChI is InChI=1S/C26H36N4O3/c1-2-30(17-7-6-12-22-14-13-21-11-8-16-27-25(21)28-22)18-15-23(26(32)33)29-24(31)19-20-9-4-3-5-10-20/h3-5,9-10,13-14,23H,2,6-8,11-12,15-19H2,1H3,(H,27,28)(H,29,31)(H,32,33)/t23-/m0/s1. The lowest BCUT2D eigenvalue weighted by Crippen LogP contribution is -2.43. The van der Waals surface area contributed by atoms with Crippen molar-refractivity contribution in [1.82, 2.24) is 15.2 Å². The number of aryl methyl sites for hydroxylation is 2. The summed E-state index contributed by atoms with van der Waals surface area (Å²) in [6, 6.07) is 12.8. The zero-order valence-corrected chi connectivity index (χ0v) is 19.6. The van der Waals surface area contributed by atoms with Gasteiger partial charge in [0.1, 0.15) is 11.9 Å². The number of carbonyl (C=O) groups excluding carboxylic acids is 1. The highest BCUT2D eigenvalue weighted by Crippen LogP contribution is 2.20. The van der Waals surface area contributed by atoms with Gasteiger partial charge in [-0.2, -0.15) is 0 Å². The third kappa shape index (κ3) is 8.17. The zero-order chi connectivity index (χ0) is 23.5. The quantitative estimate of drug-likeness (QED) is 0.404. The molecule has 0 bridgehead atoms. The van der Waals surface area contributed by atoms with Gasteiger partial charge in [0.05, 0.1) is 6.42 Å². The van der Waals surface area contributed by atoms with Crippen molar-refractivity contribution in [3.63, 3.8) is 0 Å². The Morgan fingerprint density at radius 1 is 1.15 bits per heavy atom. The Labute approximate surface area is 196 Å². The minimum absolute atomic E-state index is 0.189. The molecule has 0 aliphatic carbocycles. The van der Waals surface area contributed by atoms with Gasteiger partial charge in [-0.05, 0) is 68.8 Å². The Morgan fingerprint density at radius 3 is 2.73 bits per heavy atom. The summed E-state index contributed by atoms with van der Waals surface area (Å²) in [7, 11) is 0. The molecule has 0 saturated heterocycles. The number of hydrogen-bond donors (Lipinski definition) is 3. The lowest BCUT2D eigenvalue weighted by molar-refractivity contribution is -0.142. The Hall–Kier alpha value is -2.93. The molecule has 7 nitrogen and oxygen atoms in total. The summed E-state index contributed by atoms with van der Waals surface area (Å²) in [6.07, 6.45) is 5.86. The summed E-state index contributed by atoms with van der Waals surface area (Å²) in [5.41, 5.74) is 3.31. The normalized spacial score (nSPS) is 13.8. The van der Waals surface area contributed by atoms with E-state index in [1.54, 1.807) is 0 Å². The molecule has 0 spiro atoms. The first kappa shape index (κ1) is 24.7. The first-order chi connectivity index (χ1) is 16.0. The average molecular weight is 453 g/mol. The van der Waals surface area contributed by atoms with Crippen molar-refractivity contribution in [1.29, 1.82) is 0 Å². The lowest BCUT2D eigenvalue weighted by Gasteiger charge is -2.23. The molecule has 0 saturated carbocycles. The fourth-order valence-corrected chi connectivity index (χ4v) is 4.17. The van der Waals surface area contributed by atoms with Gasteiger partial charge in [-0.3, -0.25) is 4.79 Å². The van der Waals surface area contributed by atoms with Crippen molar-refractivity contribution in [2.75, 3.05) is 31.5 Å². The first-order valence-electron chi connectivity index (χ1n) is 12.1. The van der Waals surface area contributed by atoms with E-state index in [4.69, 9.17) is 4.98 Å². The number of carboxylic acids is 1. The van der Waals surface area contributed by atoms with Gasteiger partial charge in [0.25, 0.3) is 0 Å². The largest absolute Gasteiger partial charge is 0.480 e. The predicted octanol–water partition coefficient (Wildman–Crippen LogP) is 3.29. The van der Waals surface area contributed by atoms with Crippen molar-refractivity contribution >= 4 is 17.7 Å². The van der Waals surface area contributed by atoms with Crippen molar-refractivity contribution in [2.24, 2.45) is 0 Å². The van der Waals surface area contributed by atoms with E-state index in [1.807, 2.05) is 30.3 Å². The summed E-state index contributed by atoms with van der Waals surface area (Å²) < 4.78 is 0. The van der Waals surface area contributed by atoms with Gasteiger partial charge in [-0.25, -0.2) is 9.78 Å². The van der Waals surface area contributed by atoms with E-state index in [2.05, 4.69) is 34.6 Å². The monoisotopic (exact) mass is 452 g/mol. The zero-order valence-electron chi connectivity index (χ0n) is 19.6. The van der Waals surface area contributed by atoms with Crippen molar-refractivity contribution in [3.05, 3.63) is 59.3 Å². The number of amides is 1. The van der Waals surface area contributed by atoms with Crippen LogP contribution in [0.4, 0.5) is 5.82 Å². The Bertz CT molecular complexity index is 904. The molecule has 0 radical (unpaired) electrons. The lowest BCUT2D eigenvalue weighted by atomic mass is 10.1. The molecular weight excluding hydrogens is 416 g/mol. The summed E-state index contributed by atoms with van der Waals surface area (Å²) in [5.74, 6) is -0.203. The molecule has 0 unspecified atom stereocenters. The van der Waals surface area contributed by atoms with Gasteiger partial charge < -0.3 is 20.6 Å². The van der Waals surface area contributed by atoms with Crippen LogP contribution in [0, 0.1) is 0 Å². The predicted molar refractivity (Wildman–Crippen MR) is 130 cm³/mol. The van der Waals surface area contributed by atoms with Crippen molar-refractivity contribution in [2.45, 2.75) is 57.9 Å². The van der Waals surface area contributed by atoms with Crippen LogP contribution in [0.25, 0.3) is 0 Å². The molecule has 1 aliphatic rings. The van der Waals surface area contributed by atoms with Gasteiger partial charge in [-0.1, -0.05) is 43.3 Å².